The van der Waals surface area contributed by atoms with Crippen molar-refractivity contribution in [3.8, 4) is 11.3 Å². The zero-order chi connectivity index (χ0) is 24.8. The number of carbonyl (C=O) groups is 2. The maximum Gasteiger partial charge on any atom is 0.407 e. The molecule has 1 unspecified atom stereocenters. The van der Waals surface area contributed by atoms with Gasteiger partial charge in [0.05, 0.1) is 17.3 Å². The Bertz CT molecular complexity index is 1150. The van der Waals surface area contributed by atoms with E-state index in [2.05, 4.69) is 38.3 Å². The van der Waals surface area contributed by atoms with Crippen LogP contribution in [0.4, 0.5) is 4.79 Å². The van der Waals surface area contributed by atoms with E-state index in [0.717, 1.165) is 48.5 Å². The number of nitrogens with one attached hydrogen (secondary N) is 2. The second kappa shape index (κ2) is 10.9. The van der Waals surface area contributed by atoms with Gasteiger partial charge in [-0.2, -0.15) is 0 Å². The first kappa shape index (κ1) is 24.7. The Balaban J connectivity index is 1.36. The fourth-order valence-electron chi connectivity index (χ4n) is 4.46. The van der Waals surface area contributed by atoms with Crippen molar-refractivity contribution in [2.45, 2.75) is 45.8 Å². The first-order valence-corrected chi connectivity index (χ1v) is 12.3. The maximum absolute atomic E-state index is 12.8. The number of piperidine rings is 1. The Morgan fingerprint density at radius 2 is 1.80 bits per heavy atom. The molecule has 0 aliphatic carbocycles. The van der Waals surface area contributed by atoms with E-state index in [1.807, 2.05) is 57.2 Å². The van der Waals surface area contributed by atoms with Gasteiger partial charge in [0, 0.05) is 37.9 Å². The molecule has 1 fully saturated rings. The largest absolute Gasteiger partial charge is 0.444 e. The van der Waals surface area contributed by atoms with Crippen LogP contribution in [0.2, 0.25) is 0 Å². The van der Waals surface area contributed by atoms with E-state index in [0.29, 0.717) is 19.6 Å². The molecule has 186 valence electrons. The third-order valence-corrected chi connectivity index (χ3v) is 6.02. The predicted octanol–water partition coefficient (Wildman–Crippen LogP) is 3.85. The first-order chi connectivity index (χ1) is 16.8. The average Bonchev–Trinajstić information content (AvgIpc) is 3.20. The predicted molar refractivity (Wildman–Crippen MR) is 136 cm³/mol. The SMILES string of the molecule is CC(C)(C)OC(=O)NCCNC(=O)C1CCCN(Cc2c(-c3ccccc3)nc3ccccn23)C1. The molecule has 1 aromatic carbocycles. The molecule has 0 saturated carbocycles. The first-order valence-electron chi connectivity index (χ1n) is 12.3. The molecule has 1 saturated heterocycles. The summed E-state index contributed by atoms with van der Waals surface area (Å²) in [4.78, 5) is 31.8. The molecular weight excluding hydrogens is 442 g/mol. The third kappa shape index (κ3) is 6.60. The number of ether oxygens (including phenoxy) is 1. The number of imidazole rings is 1. The van der Waals surface area contributed by atoms with Crippen molar-refractivity contribution in [1.82, 2.24) is 24.9 Å². The molecule has 2 aromatic heterocycles. The van der Waals surface area contributed by atoms with Crippen LogP contribution in [0.1, 0.15) is 39.3 Å². The number of amides is 2. The van der Waals surface area contributed by atoms with Gasteiger partial charge >= 0.3 is 6.09 Å². The van der Waals surface area contributed by atoms with Gasteiger partial charge in [0.2, 0.25) is 5.91 Å². The highest BCUT2D eigenvalue weighted by atomic mass is 16.6. The summed E-state index contributed by atoms with van der Waals surface area (Å²) in [5.41, 5.74) is 3.59. The van der Waals surface area contributed by atoms with Crippen molar-refractivity contribution in [2.75, 3.05) is 26.2 Å². The fraction of sp³-hybridized carbons (Fsp3) is 0.444. The summed E-state index contributed by atoms with van der Waals surface area (Å²) in [6.45, 7) is 8.52. The molecule has 8 heteroatoms. The highest BCUT2D eigenvalue weighted by Crippen LogP contribution is 2.27. The number of nitrogens with zero attached hydrogens (tertiary/aromatic N) is 3. The average molecular weight is 478 g/mol. The Kier molecular flexibility index (Phi) is 7.70. The summed E-state index contributed by atoms with van der Waals surface area (Å²) in [5, 5.41) is 5.64. The van der Waals surface area contributed by atoms with E-state index in [4.69, 9.17) is 9.72 Å². The second-order valence-corrected chi connectivity index (χ2v) is 10.00. The van der Waals surface area contributed by atoms with E-state index in [9.17, 15) is 9.59 Å². The smallest absolute Gasteiger partial charge is 0.407 e. The number of pyridine rings is 1. The Labute approximate surface area is 206 Å². The van der Waals surface area contributed by atoms with E-state index in [1.54, 1.807) is 0 Å². The molecule has 1 aliphatic heterocycles. The lowest BCUT2D eigenvalue weighted by molar-refractivity contribution is -0.126. The van der Waals surface area contributed by atoms with Crippen LogP contribution >= 0.6 is 0 Å². The standard InChI is InChI=1S/C27H35N5O3/c1-27(2,3)35-26(34)29-15-14-28-25(33)21-12-9-16-31(18-21)19-22-24(20-10-5-4-6-11-20)30-23-13-7-8-17-32(22)23/h4-8,10-11,13,17,21H,9,12,14-16,18-19H2,1-3H3,(H,28,33)(H,29,34). The number of alkyl carbamates (subject to hydrolysis) is 1. The number of hydrogen-bond acceptors (Lipinski definition) is 5. The van der Waals surface area contributed by atoms with E-state index >= 15 is 0 Å². The van der Waals surface area contributed by atoms with Crippen LogP contribution in [-0.2, 0) is 16.1 Å². The van der Waals surface area contributed by atoms with Crippen LogP contribution in [-0.4, -0.2) is 58.1 Å². The summed E-state index contributed by atoms with van der Waals surface area (Å²) >= 11 is 0. The van der Waals surface area contributed by atoms with Gasteiger partial charge < -0.3 is 19.8 Å². The van der Waals surface area contributed by atoms with E-state index in [1.165, 1.54) is 0 Å². The fourth-order valence-corrected chi connectivity index (χ4v) is 4.46. The van der Waals surface area contributed by atoms with Crippen molar-refractivity contribution in [1.29, 1.82) is 0 Å². The summed E-state index contributed by atoms with van der Waals surface area (Å²) in [7, 11) is 0. The molecule has 0 radical (unpaired) electrons. The van der Waals surface area contributed by atoms with Crippen LogP contribution in [0.25, 0.3) is 16.9 Å². The van der Waals surface area contributed by atoms with Gasteiger partial charge in [0.25, 0.3) is 0 Å². The highest BCUT2D eigenvalue weighted by molar-refractivity contribution is 5.79. The molecule has 0 spiro atoms. The summed E-state index contributed by atoms with van der Waals surface area (Å²) in [6, 6.07) is 16.3. The van der Waals surface area contributed by atoms with Crippen LogP contribution in [0.5, 0.6) is 0 Å². The normalized spacial score (nSPS) is 16.7. The molecule has 2 amide bonds. The third-order valence-electron chi connectivity index (χ3n) is 6.02. The number of benzene rings is 1. The number of carbonyl (C=O) groups excluding carboxylic acids is 2. The number of fused-ring (bicyclic) bond motifs is 1. The molecule has 4 rings (SSSR count). The molecule has 1 aliphatic rings. The van der Waals surface area contributed by atoms with Crippen LogP contribution in [0.15, 0.2) is 54.7 Å². The minimum atomic E-state index is -0.542. The zero-order valence-corrected chi connectivity index (χ0v) is 20.8. The Hall–Kier alpha value is -3.39. The van der Waals surface area contributed by atoms with Gasteiger partial charge in [-0.3, -0.25) is 9.69 Å². The number of likely N-dealkylation sites (tertiary alicyclic amines) is 1. The minimum Gasteiger partial charge on any atom is -0.444 e. The van der Waals surface area contributed by atoms with Gasteiger partial charge in [-0.05, 0) is 52.3 Å². The monoisotopic (exact) mass is 477 g/mol. The lowest BCUT2D eigenvalue weighted by atomic mass is 9.96. The molecule has 3 aromatic rings. The summed E-state index contributed by atoms with van der Waals surface area (Å²) in [6.07, 6.45) is 3.40. The van der Waals surface area contributed by atoms with Crippen molar-refractivity contribution >= 4 is 17.6 Å². The number of aromatic nitrogens is 2. The lowest BCUT2D eigenvalue weighted by Gasteiger charge is -2.32. The van der Waals surface area contributed by atoms with Gasteiger partial charge in [0.15, 0.2) is 0 Å². The maximum atomic E-state index is 12.8. The summed E-state index contributed by atoms with van der Waals surface area (Å²) in [5.74, 6) is -0.0493. The number of hydrogen-bond donors (Lipinski definition) is 2. The summed E-state index contributed by atoms with van der Waals surface area (Å²) < 4.78 is 7.37. The van der Waals surface area contributed by atoms with Crippen molar-refractivity contribution in [3.63, 3.8) is 0 Å². The second-order valence-electron chi connectivity index (χ2n) is 10.00. The zero-order valence-electron chi connectivity index (χ0n) is 20.8. The van der Waals surface area contributed by atoms with E-state index in [-0.39, 0.29) is 11.8 Å². The molecule has 1 atom stereocenters. The molecule has 8 nitrogen and oxygen atoms in total. The molecule has 35 heavy (non-hydrogen) atoms. The quantitative estimate of drug-likeness (QED) is 0.505. The Morgan fingerprint density at radius 1 is 1.06 bits per heavy atom. The van der Waals surface area contributed by atoms with Gasteiger partial charge in [0.1, 0.15) is 11.2 Å². The van der Waals surface area contributed by atoms with Crippen molar-refractivity contribution < 1.29 is 14.3 Å². The highest BCUT2D eigenvalue weighted by Gasteiger charge is 2.27. The minimum absolute atomic E-state index is 0.0297. The van der Waals surface area contributed by atoms with Gasteiger partial charge in [-0.25, -0.2) is 9.78 Å². The Morgan fingerprint density at radius 3 is 2.57 bits per heavy atom. The number of rotatable bonds is 7. The topological polar surface area (TPSA) is 88.0 Å². The van der Waals surface area contributed by atoms with Crippen molar-refractivity contribution in [3.05, 3.63) is 60.4 Å². The molecular formula is C27H35N5O3. The van der Waals surface area contributed by atoms with Crippen LogP contribution in [0, 0.1) is 5.92 Å². The molecule has 0 bridgehead atoms. The van der Waals surface area contributed by atoms with E-state index < -0.39 is 11.7 Å². The van der Waals surface area contributed by atoms with Gasteiger partial charge in [-0.1, -0.05) is 36.4 Å². The van der Waals surface area contributed by atoms with Crippen LogP contribution in [0.3, 0.4) is 0 Å². The van der Waals surface area contributed by atoms with Crippen molar-refractivity contribution in [2.24, 2.45) is 5.92 Å². The molecule has 3 heterocycles. The lowest BCUT2D eigenvalue weighted by Crippen LogP contribution is -2.44. The molecule has 2 N–H and O–H groups in total. The van der Waals surface area contributed by atoms with Crippen LogP contribution < -0.4 is 10.6 Å². The van der Waals surface area contributed by atoms with Gasteiger partial charge in [-0.15, -0.1) is 0 Å².